The summed E-state index contributed by atoms with van der Waals surface area (Å²) in [5.41, 5.74) is 1.63. The molecule has 122 valence electrons. The zero-order valence-electron chi connectivity index (χ0n) is 13.1. The molecule has 1 amide bonds. The summed E-state index contributed by atoms with van der Waals surface area (Å²) in [7, 11) is -3.37. The van der Waals surface area contributed by atoms with Crippen LogP contribution in [-0.2, 0) is 14.6 Å². The van der Waals surface area contributed by atoms with E-state index >= 15 is 0 Å². The van der Waals surface area contributed by atoms with Crippen molar-refractivity contribution in [1.82, 2.24) is 0 Å². The van der Waals surface area contributed by atoms with Crippen molar-refractivity contribution in [1.29, 1.82) is 0 Å². The fourth-order valence-corrected chi connectivity index (χ4v) is 3.02. The predicted molar refractivity (Wildman–Crippen MR) is 89.9 cm³/mol. The summed E-state index contributed by atoms with van der Waals surface area (Å²) >= 11 is 0. The molecule has 2 rings (SSSR count). The summed E-state index contributed by atoms with van der Waals surface area (Å²) in [6.07, 6.45) is 7.33. The largest absolute Gasteiger partial charge is 0.382 e. The van der Waals surface area contributed by atoms with Crippen LogP contribution in [0.2, 0.25) is 0 Å². The maximum absolute atomic E-state index is 11.9. The summed E-state index contributed by atoms with van der Waals surface area (Å²) in [6, 6.07) is 7.93. The molecule has 1 saturated carbocycles. The van der Waals surface area contributed by atoms with Gasteiger partial charge in [0.2, 0.25) is 5.91 Å². The third-order valence-electron chi connectivity index (χ3n) is 4.14. The van der Waals surface area contributed by atoms with Gasteiger partial charge < -0.3 is 10.6 Å². The van der Waals surface area contributed by atoms with Crippen LogP contribution in [0.15, 0.2) is 24.3 Å². The summed E-state index contributed by atoms with van der Waals surface area (Å²) in [6.45, 7) is 1.39. The van der Waals surface area contributed by atoms with E-state index < -0.39 is 21.0 Å². The zero-order chi connectivity index (χ0) is 16.2. The van der Waals surface area contributed by atoms with Gasteiger partial charge in [0, 0.05) is 23.7 Å². The second-order valence-corrected chi connectivity index (χ2v) is 8.38. The van der Waals surface area contributed by atoms with Crippen molar-refractivity contribution in [3.8, 4) is 0 Å². The van der Waals surface area contributed by atoms with E-state index in [-0.39, 0.29) is 0 Å². The monoisotopic (exact) mass is 324 g/mol. The summed E-state index contributed by atoms with van der Waals surface area (Å²) in [5, 5.41) is 5.08. The molecule has 1 aliphatic rings. The molecule has 1 aromatic rings. The predicted octanol–water partition coefficient (Wildman–Crippen LogP) is 2.80. The topological polar surface area (TPSA) is 75.3 Å². The van der Waals surface area contributed by atoms with E-state index in [4.69, 9.17) is 0 Å². The van der Waals surface area contributed by atoms with Gasteiger partial charge in [0.25, 0.3) is 0 Å². The highest BCUT2D eigenvalue weighted by Gasteiger charge is 2.23. The number of hydrogen-bond donors (Lipinski definition) is 2. The van der Waals surface area contributed by atoms with Crippen molar-refractivity contribution >= 4 is 27.1 Å². The lowest BCUT2D eigenvalue weighted by Crippen LogP contribution is -2.31. The molecule has 0 aliphatic heterocycles. The lowest BCUT2D eigenvalue weighted by molar-refractivity contribution is -0.115. The molecule has 0 saturated heterocycles. The number of carbonyl (C=O) groups excluding carboxylic acids is 1. The van der Waals surface area contributed by atoms with Gasteiger partial charge >= 0.3 is 0 Å². The van der Waals surface area contributed by atoms with Gasteiger partial charge in [-0.25, -0.2) is 8.42 Å². The molecule has 0 unspecified atom stereocenters. The van der Waals surface area contributed by atoms with Crippen LogP contribution in [0.4, 0.5) is 11.4 Å². The fourth-order valence-electron chi connectivity index (χ4n) is 2.57. The Morgan fingerprint density at radius 3 is 2.18 bits per heavy atom. The van der Waals surface area contributed by atoms with Crippen molar-refractivity contribution in [2.75, 3.05) is 16.9 Å². The lowest BCUT2D eigenvalue weighted by Gasteiger charge is -2.24. The highest BCUT2D eigenvalue weighted by atomic mass is 32.2. The molecule has 1 aromatic carbocycles. The summed E-state index contributed by atoms with van der Waals surface area (Å²) in [5.74, 6) is -0.504. The molecule has 0 heterocycles. The van der Waals surface area contributed by atoms with Crippen LogP contribution >= 0.6 is 0 Å². The first-order chi connectivity index (χ1) is 10.4. The first kappa shape index (κ1) is 16.8. The van der Waals surface area contributed by atoms with Gasteiger partial charge in [-0.05, 0) is 44.0 Å². The van der Waals surface area contributed by atoms with Crippen LogP contribution in [0.5, 0.6) is 0 Å². The number of benzene rings is 1. The van der Waals surface area contributed by atoms with Gasteiger partial charge in [-0.2, -0.15) is 0 Å². The van der Waals surface area contributed by atoms with Crippen molar-refractivity contribution in [3.63, 3.8) is 0 Å². The number of nitrogens with one attached hydrogen (secondary N) is 2. The normalized spacial score (nSPS) is 17.7. The standard InChI is InChI=1S/C16H24N2O3S/c1-12(22(2,20)21)16(19)18-15-10-8-14(9-11-15)17-13-6-4-3-5-7-13/h8-13,17H,3-7H2,1-2H3,(H,18,19)/t12-/m1/s1. The van der Waals surface area contributed by atoms with E-state index in [0.29, 0.717) is 11.7 Å². The van der Waals surface area contributed by atoms with Crippen molar-refractivity contribution in [2.24, 2.45) is 0 Å². The first-order valence-electron chi connectivity index (χ1n) is 7.72. The molecule has 1 fully saturated rings. The lowest BCUT2D eigenvalue weighted by atomic mass is 9.95. The molecule has 0 bridgehead atoms. The minimum atomic E-state index is -3.37. The van der Waals surface area contributed by atoms with Gasteiger partial charge in [-0.1, -0.05) is 19.3 Å². The SMILES string of the molecule is C[C@H](C(=O)Nc1ccc(NC2CCCCC2)cc1)S(C)(=O)=O. The molecular weight excluding hydrogens is 300 g/mol. The summed E-state index contributed by atoms with van der Waals surface area (Å²) < 4.78 is 22.7. The van der Waals surface area contributed by atoms with E-state index in [0.717, 1.165) is 11.9 Å². The second kappa shape index (κ2) is 7.13. The molecule has 2 N–H and O–H groups in total. The number of hydrogen-bond acceptors (Lipinski definition) is 4. The number of rotatable bonds is 5. The number of anilines is 2. The van der Waals surface area contributed by atoms with Gasteiger partial charge in [-0.3, -0.25) is 4.79 Å². The van der Waals surface area contributed by atoms with E-state index in [2.05, 4.69) is 10.6 Å². The van der Waals surface area contributed by atoms with Crippen molar-refractivity contribution in [3.05, 3.63) is 24.3 Å². The molecule has 0 aromatic heterocycles. The fraction of sp³-hybridized carbons (Fsp3) is 0.562. The van der Waals surface area contributed by atoms with Crippen LogP contribution in [0.1, 0.15) is 39.0 Å². The highest BCUT2D eigenvalue weighted by molar-refractivity contribution is 7.92. The Hall–Kier alpha value is -1.56. The Labute approximate surface area is 132 Å². The highest BCUT2D eigenvalue weighted by Crippen LogP contribution is 2.22. The summed E-state index contributed by atoms with van der Waals surface area (Å²) in [4.78, 5) is 11.9. The average molecular weight is 324 g/mol. The third kappa shape index (κ3) is 4.73. The average Bonchev–Trinajstić information content (AvgIpc) is 2.48. The van der Waals surface area contributed by atoms with Crippen LogP contribution in [0.25, 0.3) is 0 Å². The Morgan fingerprint density at radius 1 is 1.09 bits per heavy atom. The Morgan fingerprint density at radius 2 is 1.64 bits per heavy atom. The van der Waals surface area contributed by atoms with E-state index in [1.54, 1.807) is 12.1 Å². The Balaban J connectivity index is 1.92. The first-order valence-corrected chi connectivity index (χ1v) is 9.68. The van der Waals surface area contributed by atoms with Gasteiger partial charge in [0.1, 0.15) is 5.25 Å². The van der Waals surface area contributed by atoms with Crippen LogP contribution in [0, 0.1) is 0 Å². The molecular formula is C16H24N2O3S. The van der Waals surface area contributed by atoms with Crippen molar-refractivity contribution < 1.29 is 13.2 Å². The molecule has 1 atom stereocenters. The number of amides is 1. The zero-order valence-corrected chi connectivity index (χ0v) is 13.9. The maximum atomic E-state index is 11.9. The van der Waals surface area contributed by atoms with Crippen molar-refractivity contribution in [2.45, 2.75) is 50.3 Å². The Bertz CT molecular complexity index is 605. The van der Waals surface area contributed by atoms with Gasteiger partial charge in [0.15, 0.2) is 9.84 Å². The number of sulfone groups is 1. The van der Waals surface area contributed by atoms with Gasteiger partial charge in [0.05, 0.1) is 0 Å². The number of carbonyl (C=O) groups is 1. The second-order valence-electron chi connectivity index (χ2n) is 6.02. The van der Waals surface area contributed by atoms with Crippen LogP contribution < -0.4 is 10.6 Å². The van der Waals surface area contributed by atoms with E-state index in [1.807, 2.05) is 12.1 Å². The molecule has 5 nitrogen and oxygen atoms in total. The quantitative estimate of drug-likeness (QED) is 0.873. The molecule has 0 radical (unpaired) electrons. The van der Waals surface area contributed by atoms with E-state index in [9.17, 15) is 13.2 Å². The van der Waals surface area contributed by atoms with Gasteiger partial charge in [-0.15, -0.1) is 0 Å². The van der Waals surface area contributed by atoms with E-state index in [1.165, 1.54) is 39.0 Å². The maximum Gasteiger partial charge on any atom is 0.242 e. The minimum Gasteiger partial charge on any atom is -0.382 e. The van der Waals surface area contributed by atoms with Crippen LogP contribution in [0.3, 0.4) is 0 Å². The molecule has 6 heteroatoms. The molecule has 0 spiro atoms. The smallest absolute Gasteiger partial charge is 0.242 e. The molecule has 22 heavy (non-hydrogen) atoms. The van der Waals surface area contributed by atoms with Crippen LogP contribution in [-0.4, -0.2) is 31.9 Å². The third-order valence-corrected chi connectivity index (χ3v) is 5.64. The Kier molecular flexibility index (Phi) is 5.45. The molecule has 1 aliphatic carbocycles. The minimum absolute atomic E-state index is 0.504.